The topological polar surface area (TPSA) is 3.24 Å². The lowest BCUT2D eigenvalue weighted by Gasteiger charge is -2.17. The van der Waals surface area contributed by atoms with Crippen molar-refractivity contribution in [3.63, 3.8) is 0 Å². The number of hydrogen-bond acceptors (Lipinski definition) is 1. The van der Waals surface area contributed by atoms with Crippen LogP contribution in [0.4, 0.5) is 5.69 Å². The molecule has 0 aliphatic rings. The van der Waals surface area contributed by atoms with E-state index in [2.05, 4.69) is 38.6 Å². The van der Waals surface area contributed by atoms with Crippen LogP contribution in [0.15, 0.2) is 31.0 Å². The molecule has 0 fully saturated rings. The fraction of sp³-hybridized carbons (Fsp3) is 0.273. The average molecular weight is 161 g/mol. The van der Waals surface area contributed by atoms with Crippen molar-refractivity contribution in [2.24, 2.45) is 0 Å². The van der Waals surface area contributed by atoms with Crippen molar-refractivity contribution < 1.29 is 0 Å². The average Bonchev–Trinajstić information content (AvgIpc) is 2.08. The van der Waals surface area contributed by atoms with Crippen molar-refractivity contribution in [2.75, 3.05) is 11.9 Å². The molecule has 1 rings (SSSR count). The molecule has 0 heterocycles. The third-order valence-electron chi connectivity index (χ3n) is 2.23. The monoisotopic (exact) mass is 161 g/mol. The summed E-state index contributed by atoms with van der Waals surface area (Å²) in [5, 5.41) is 0. The quantitative estimate of drug-likeness (QED) is 0.644. The largest absolute Gasteiger partial charge is 0.351 e. The maximum atomic E-state index is 3.73. The van der Waals surface area contributed by atoms with E-state index in [4.69, 9.17) is 0 Å². The number of nitrogens with zero attached hydrogens (tertiary/aromatic N) is 1. The Labute approximate surface area is 74.3 Å². The van der Waals surface area contributed by atoms with Crippen LogP contribution < -0.4 is 4.90 Å². The highest BCUT2D eigenvalue weighted by Crippen LogP contribution is 2.21. The minimum absolute atomic E-state index is 1.23. The van der Waals surface area contributed by atoms with Gasteiger partial charge in [-0.05, 0) is 37.2 Å². The van der Waals surface area contributed by atoms with Crippen LogP contribution in [0.5, 0.6) is 0 Å². The molecule has 0 bridgehead atoms. The summed E-state index contributed by atoms with van der Waals surface area (Å²) in [5.74, 6) is 0. The standard InChI is InChI=1S/C11H15N/c1-5-12(4)11-8-6-7-9(2)10(11)3/h5-8H,1H2,2-4H3. The van der Waals surface area contributed by atoms with Gasteiger partial charge < -0.3 is 4.90 Å². The van der Waals surface area contributed by atoms with Gasteiger partial charge in [0.15, 0.2) is 0 Å². The predicted octanol–water partition coefficient (Wildman–Crippen LogP) is 2.88. The van der Waals surface area contributed by atoms with Gasteiger partial charge in [-0.2, -0.15) is 0 Å². The molecule has 0 unspecified atom stereocenters. The van der Waals surface area contributed by atoms with Crippen LogP contribution in [-0.2, 0) is 0 Å². The van der Waals surface area contributed by atoms with Gasteiger partial charge in [0.25, 0.3) is 0 Å². The lowest BCUT2D eigenvalue weighted by molar-refractivity contribution is 1.17. The number of rotatable bonds is 2. The van der Waals surface area contributed by atoms with Crippen LogP contribution in [0.1, 0.15) is 11.1 Å². The number of benzene rings is 1. The second-order valence-corrected chi connectivity index (χ2v) is 3.01. The van der Waals surface area contributed by atoms with Crippen molar-refractivity contribution in [3.8, 4) is 0 Å². The molecular weight excluding hydrogens is 146 g/mol. The van der Waals surface area contributed by atoms with Crippen molar-refractivity contribution in [3.05, 3.63) is 42.1 Å². The van der Waals surface area contributed by atoms with Crippen LogP contribution >= 0.6 is 0 Å². The van der Waals surface area contributed by atoms with Gasteiger partial charge in [-0.3, -0.25) is 0 Å². The Balaban J connectivity index is 3.15. The molecule has 64 valence electrons. The molecule has 0 amide bonds. The second kappa shape index (κ2) is 3.44. The molecule has 0 atom stereocenters. The Morgan fingerprint density at radius 3 is 2.58 bits per heavy atom. The Morgan fingerprint density at radius 2 is 2.00 bits per heavy atom. The van der Waals surface area contributed by atoms with E-state index in [1.165, 1.54) is 16.8 Å². The summed E-state index contributed by atoms with van der Waals surface area (Å²) in [7, 11) is 2.01. The first-order valence-corrected chi connectivity index (χ1v) is 4.08. The second-order valence-electron chi connectivity index (χ2n) is 3.01. The van der Waals surface area contributed by atoms with E-state index in [1.807, 2.05) is 18.1 Å². The van der Waals surface area contributed by atoms with Gasteiger partial charge in [0, 0.05) is 12.7 Å². The molecule has 1 aromatic rings. The smallest absolute Gasteiger partial charge is 0.0435 e. The minimum Gasteiger partial charge on any atom is -0.351 e. The van der Waals surface area contributed by atoms with Crippen LogP contribution in [0.3, 0.4) is 0 Å². The molecule has 0 aromatic heterocycles. The lowest BCUT2D eigenvalue weighted by Crippen LogP contribution is -2.08. The molecule has 0 saturated carbocycles. The third kappa shape index (κ3) is 1.50. The number of anilines is 1. The normalized spacial score (nSPS) is 9.58. The van der Waals surface area contributed by atoms with E-state index in [1.54, 1.807) is 0 Å². The Hall–Kier alpha value is -1.24. The van der Waals surface area contributed by atoms with Crippen molar-refractivity contribution >= 4 is 5.69 Å². The van der Waals surface area contributed by atoms with Crippen molar-refractivity contribution in [1.29, 1.82) is 0 Å². The molecule has 1 nitrogen and oxygen atoms in total. The molecule has 0 saturated heterocycles. The maximum Gasteiger partial charge on any atom is 0.0435 e. The van der Waals surface area contributed by atoms with E-state index in [9.17, 15) is 0 Å². The van der Waals surface area contributed by atoms with Gasteiger partial charge in [0.2, 0.25) is 0 Å². The van der Waals surface area contributed by atoms with E-state index in [0.717, 1.165) is 0 Å². The van der Waals surface area contributed by atoms with Crippen LogP contribution in [0.2, 0.25) is 0 Å². The maximum absolute atomic E-state index is 3.73. The van der Waals surface area contributed by atoms with Gasteiger partial charge in [-0.15, -0.1) is 0 Å². The van der Waals surface area contributed by atoms with Gasteiger partial charge in [0.1, 0.15) is 0 Å². The van der Waals surface area contributed by atoms with Gasteiger partial charge in [-0.1, -0.05) is 18.7 Å². The highest BCUT2D eigenvalue weighted by molar-refractivity contribution is 5.56. The molecule has 0 aliphatic heterocycles. The fourth-order valence-electron chi connectivity index (χ4n) is 1.22. The minimum atomic E-state index is 1.23. The van der Waals surface area contributed by atoms with Crippen molar-refractivity contribution in [2.45, 2.75) is 13.8 Å². The SMILES string of the molecule is C=CN(C)c1cccc(C)c1C. The Bertz CT molecular complexity index is 289. The third-order valence-corrected chi connectivity index (χ3v) is 2.23. The van der Waals surface area contributed by atoms with Crippen LogP contribution in [-0.4, -0.2) is 7.05 Å². The zero-order chi connectivity index (χ0) is 9.14. The Morgan fingerprint density at radius 1 is 1.33 bits per heavy atom. The first kappa shape index (κ1) is 8.85. The molecule has 0 spiro atoms. The van der Waals surface area contributed by atoms with Crippen molar-refractivity contribution in [1.82, 2.24) is 0 Å². The molecular formula is C11H15N. The summed E-state index contributed by atoms with van der Waals surface area (Å²) >= 11 is 0. The molecule has 0 radical (unpaired) electrons. The Kier molecular flexibility index (Phi) is 2.54. The molecule has 1 aromatic carbocycles. The zero-order valence-electron chi connectivity index (χ0n) is 7.96. The lowest BCUT2D eigenvalue weighted by atomic mass is 10.1. The van der Waals surface area contributed by atoms with Crippen LogP contribution in [0, 0.1) is 13.8 Å². The van der Waals surface area contributed by atoms with Gasteiger partial charge in [-0.25, -0.2) is 0 Å². The summed E-state index contributed by atoms with van der Waals surface area (Å²) in [6.45, 7) is 7.98. The fourth-order valence-corrected chi connectivity index (χ4v) is 1.22. The van der Waals surface area contributed by atoms with E-state index in [-0.39, 0.29) is 0 Å². The highest BCUT2D eigenvalue weighted by atomic mass is 15.1. The van der Waals surface area contributed by atoms with Gasteiger partial charge in [0.05, 0.1) is 0 Å². The van der Waals surface area contributed by atoms with E-state index in [0.29, 0.717) is 0 Å². The summed E-state index contributed by atoms with van der Waals surface area (Å²) in [6, 6.07) is 6.29. The van der Waals surface area contributed by atoms with Crippen LogP contribution in [0.25, 0.3) is 0 Å². The first-order chi connectivity index (χ1) is 5.66. The van der Waals surface area contributed by atoms with E-state index < -0.39 is 0 Å². The summed E-state index contributed by atoms with van der Waals surface area (Å²) in [5.41, 5.74) is 3.87. The highest BCUT2D eigenvalue weighted by Gasteiger charge is 2.01. The molecule has 0 N–H and O–H groups in total. The molecule has 12 heavy (non-hydrogen) atoms. The zero-order valence-corrected chi connectivity index (χ0v) is 7.96. The summed E-state index contributed by atoms with van der Waals surface area (Å²) in [4.78, 5) is 2.03. The summed E-state index contributed by atoms with van der Waals surface area (Å²) in [6.07, 6.45) is 1.82. The van der Waals surface area contributed by atoms with Gasteiger partial charge >= 0.3 is 0 Å². The predicted molar refractivity (Wildman–Crippen MR) is 54.5 cm³/mol. The summed E-state index contributed by atoms with van der Waals surface area (Å²) < 4.78 is 0. The number of hydrogen-bond donors (Lipinski definition) is 0. The first-order valence-electron chi connectivity index (χ1n) is 4.08. The van der Waals surface area contributed by atoms with E-state index >= 15 is 0 Å². The molecule has 1 heteroatoms. The molecule has 0 aliphatic carbocycles. The number of aryl methyl sites for hydroxylation is 1.